The van der Waals surface area contributed by atoms with Crippen molar-refractivity contribution in [3.05, 3.63) is 21.7 Å². The number of alkyl halides is 3. The summed E-state index contributed by atoms with van der Waals surface area (Å²) in [7, 11) is 0. The van der Waals surface area contributed by atoms with Crippen LogP contribution >= 0.6 is 11.8 Å². The first kappa shape index (κ1) is 15.5. The largest absolute Gasteiger partial charge is 0.478 e. The highest BCUT2D eigenvalue weighted by atomic mass is 32.2. The maximum Gasteiger partial charge on any atom is 0.389 e. The normalized spacial score (nSPS) is 11.6. The van der Waals surface area contributed by atoms with Crippen LogP contribution in [-0.4, -0.2) is 33.0 Å². The Morgan fingerprint density at radius 2 is 2.11 bits per heavy atom. The summed E-state index contributed by atoms with van der Waals surface area (Å²) in [6, 6.07) is 0. The second-order valence-corrected chi connectivity index (χ2v) is 4.80. The summed E-state index contributed by atoms with van der Waals surface area (Å²) in [5.41, 5.74) is -0.775. The van der Waals surface area contributed by atoms with Gasteiger partial charge in [-0.15, -0.1) is 11.8 Å². The molecule has 0 aliphatic rings. The van der Waals surface area contributed by atoms with Gasteiger partial charge in [-0.1, -0.05) is 0 Å². The molecule has 2 N–H and O–H groups in total. The molecule has 0 aromatic carbocycles. The van der Waals surface area contributed by atoms with Gasteiger partial charge >= 0.3 is 17.8 Å². The quantitative estimate of drug-likeness (QED) is 0.494. The predicted molar refractivity (Wildman–Crippen MR) is 62.6 cm³/mol. The lowest BCUT2D eigenvalue weighted by Crippen LogP contribution is -2.18. The van der Waals surface area contributed by atoms with Gasteiger partial charge in [-0.05, 0) is 19.1 Å². The van der Waals surface area contributed by atoms with Crippen molar-refractivity contribution in [2.45, 2.75) is 31.0 Å². The number of aromatic carboxylic acids is 1. The third-order valence-corrected chi connectivity index (χ3v) is 3.21. The lowest BCUT2D eigenvalue weighted by molar-refractivity contribution is -0.134. The van der Waals surface area contributed by atoms with Crippen molar-refractivity contribution in [1.82, 2.24) is 9.97 Å². The molecule has 5 nitrogen and oxygen atoms in total. The maximum atomic E-state index is 11.9. The van der Waals surface area contributed by atoms with Gasteiger partial charge in [0.25, 0.3) is 0 Å². The van der Waals surface area contributed by atoms with E-state index in [1.54, 1.807) is 0 Å². The topological polar surface area (TPSA) is 83.0 Å². The molecule has 1 aromatic heterocycles. The fraction of sp³-hybridized carbons (Fsp3) is 0.500. The molecule has 1 aromatic rings. The number of thioether (sulfide) groups is 1. The van der Waals surface area contributed by atoms with E-state index < -0.39 is 24.3 Å². The Hall–Kier alpha value is -1.51. The Morgan fingerprint density at radius 1 is 1.47 bits per heavy atom. The van der Waals surface area contributed by atoms with Crippen molar-refractivity contribution in [2.24, 2.45) is 0 Å². The first-order valence-electron chi connectivity index (χ1n) is 5.24. The van der Waals surface area contributed by atoms with Crippen molar-refractivity contribution in [3.63, 3.8) is 0 Å². The number of halogens is 3. The third kappa shape index (κ3) is 4.93. The summed E-state index contributed by atoms with van der Waals surface area (Å²) in [6.07, 6.45) is -5.36. The Bertz CT molecular complexity index is 528. The Labute approximate surface area is 110 Å². The monoisotopic (exact) mass is 296 g/mol. The number of rotatable bonds is 5. The van der Waals surface area contributed by atoms with Gasteiger partial charge in [0.1, 0.15) is 10.6 Å². The number of carboxylic acid groups (broad SMARTS) is 1. The van der Waals surface area contributed by atoms with Gasteiger partial charge in [-0.25, -0.2) is 9.59 Å². The molecular weight excluding hydrogens is 285 g/mol. The Balaban J connectivity index is 2.78. The molecule has 0 bridgehead atoms. The molecule has 9 heteroatoms. The van der Waals surface area contributed by atoms with Crippen LogP contribution in [0.3, 0.4) is 0 Å². The summed E-state index contributed by atoms with van der Waals surface area (Å²) in [5.74, 6) is -1.24. The molecule has 106 valence electrons. The summed E-state index contributed by atoms with van der Waals surface area (Å²) < 4.78 is 35.8. The lowest BCUT2D eigenvalue weighted by Gasteiger charge is -2.08. The molecule has 1 rings (SSSR count). The fourth-order valence-electron chi connectivity index (χ4n) is 1.36. The number of nitrogens with zero attached hydrogens (tertiary/aromatic N) is 1. The van der Waals surface area contributed by atoms with Crippen LogP contribution in [0.2, 0.25) is 0 Å². The lowest BCUT2D eigenvalue weighted by atomic mass is 10.2. The first-order valence-corrected chi connectivity index (χ1v) is 6.23. The summed E-state index contributed by atoms with van der Waals surface area (Å²) in [6.45, 7) is 1.40. The van der Waals surface area contributed by atoms with Gasteiger partial charge in [-0.3, -0.25) is 0 Å². The van der Waals surface area contributed by atoms with Crippen LogP contribution < -0.4 is 5.69 Å². The van der Waals surface area contributed by atoms with Crippen molar-refractivity contribution >= 4 is 17.7 Å². The van der Waals surface area contributed by atoms with Gasteiger partial charge in [-0.2, -0.15) is 18.2 Å². The van der Waals surface area contributed by atoms with Crippen molar-refractivity contribution in [3.8, 4) is 0 Å². The van der Waals surface area contributed by atoms with Gasteiger partial charge < -0.3 is 10.1 Å². The maximum absolute atomic E-state index is 11.9. The molecule has 0 atom stereocenters. The van der Waals surface area contributed by atoms with Crippen molar-refractivity contribution in [2.75, 3.05) is 5.75 Å². The average Bonchev–Trinajstić information content (AvgIpc) is 2.21. The molecule has 0 aliphatic heterocycles. The number of aromatic amines is 1. The van der Waals surface area contributed by atoms with Gasteiger partial charge in [0.05, 0.1) is 0 Å². The number of aryl methyl sites for hydroxylation is 1. The second-order valence-electron chi connectivity index (χ2n) is 3.72. The third-order valence-electron chi connectivity index (χ3n) is 2.14. The number of carboxylic acids is 1. The van der Waals surface area contributed by atoms with E-state index in [2.05, 4.69) is 9.97 Å². The van der Waals surface area contributed by atoms with E-state index in [1.165, 1.54) is 6.92 Å². The van der Waals surface area contributed by atoms with E-state index in [4.69, 9.17) is 5.11 Å². The van der Waals surface area contributed by atoms with Crippen LogP contribution in [0.15, 0.2) is 9.82 Å². The number of nitrogens with one attached hydrogen (secondary N) is 1. The van der Waals surface area contributed by atoms with Crippen LogP contribution in [-0.2, 0) is 0 Å². The number of H-pyrrole nitrogens is 1. The second kappa shape index (κ2) is 6.09. The zero-order chi connectivity index (χ0) is 14.6. The summed E-state index contributed by atoms with van der Waals surface area (Å²) >= 11 is 0.832. The summed E-state index contributed by atoms with van der Waals surface area (Å²) in [5, 5.41) is 8.91. The van der Waals surface area contributed by atoms with Gasteiger partial charge in [0.2, 0.25) is 0 Å². The Kier molecular flexibility index (Phi) is 4.98. The molecule has 0 radical (unpaired) electrons. The molecule has 19 heavy (non-hydrogen) atoms. The minimum atomic E-state index is -4.24. The van der Waals surface area contributed by atoms with Gasteiger partial charge in [0, 0.05) is 12.1 Å². The fourth-order valence-corrected chi connectivity index (χ4v) is 2.37. The van der Waals surface area contributed by atoms with E-state index in [9.17, 15) is 22.8 Å². The van der Waals surface area contributed by atoms with E-state index in [-0.39, 0.29) is 28.5 Å². The number of hydrogen-bond donors (Lipinski definition) is 2. The van der Waals surface area contributed by atoms with Crippen molar-refractivity contribution in [1.29, 1.82) is 0 Å². The highest BCUT2D eigenvalue weighted by Gasteiger charge is 2.26. The number of hydrogen-bond acceptors (Lipinski definition) is 4. The van der Waals surface area contributed by atoms with E-state index >= 15 is 0 Å². The smallest absolute Gasteiger partial charge is 0.389 e. The molecule has 0 unspecified atom stereocenters. The molecule has 0 spiro atoms. The van der Waals surface area contributed by atoms with Crippen LogP contribution in [0.4, 0.5) is 13.2 Å². The van der Waals surface area contributed by atoms with Crippen LogP contribution in [0.25, 0.3) is 0 Å². The predicted octanol–water partition coefficient (Wildman–Crippen LogP) is 2.21. The highest BCUT2D eigenvalue weighted by Crippen LogP contribution is 2.26. The Morgan fingerprint density at radius 3 is 2.63 bits per heavy atom. The first-order chi connectivity index (χ1) is 8.70. The molecule has 0 saturated carbocycles. The molecule has 1 heterocycles. The standard InChI is InChI=1S/C10H11F3N2O3S/c1-5-6(8(16)17)7(15-9(18)14-5)19-4-2-3-10(11,12)13/h2-4H2,1H3,(H,16,17)(H,14,15,18). The zero-order valence-corrected chi connectivity index (χ0v) is 10.7. The minimum Gasteiger partial charge on any atom is -0.478 e. The summed E-state index contributed by atoms with van der Waals surface area (Å²) in [4.78, 5) is 27.8. The minimum absolute atomic E-state index is 0.0374. The SMILES string of the molecule is Cc1[nH]c(=O)nc(SCCCC(F)(F)F)c1C(=O)O. The van der Waals surface area contributed by atoms with Crippen LogP contribution in [0.5, 0.6) is 0 Å². The van der Waals surface area contributed by atoms with E-state index in [0.29, 0.717) is 0 Å². The van der Waals surface area contributed by atoms with Crippen LogP contribution in [0, 0.1) is 6.92 Å². The zero-order valence-electron chi connectivity index (χ0n) is 9.87. The molecule has 0 saturated heterocycles. The number of aromatic nitrogens is 2. The molecule has 0 fully saturated rings. The molecule has 0 amide bonds. The van der Waals surface area contributed by atoms with E-state index in [1.807, 2.05) is 0 Å². The average molecular weight is 296 g/mol. The van der Waals surface area contributed by atoms with Gasteiger partial charge in [0.15, 0.2) is 0 Å². The van der Waals surface area contributed by atoms with Crippen molar-refractivity contribution < 1.29 is 23.1 Å². The molecular formula is C10H11F3N2O3S. The van der Waals surface area contributed by atoms with E-state index in [0.717, 1.165) is 11.8 Å². The van der Waals surface area contributed by atoms with Crippen LogP contribution in [0.1, 0.15) is 28.9 Å². The highest BCUT2D eigenvalue weighted by molar-refractivity contribution is 7.99. The number of carbonyl (C=O) groups is 1. The molecule has 0 aliphatic carbocycles.